The molecule has 23 heavy (non-hydrogen) atoms. The minimum atomic E-state index is 0.554. The summed E-state index contributed by atoms with van der Waals surface area (Å²) in [5.74, 6) is 2.09. The molecule has 1 heterocycles. The summed E-state index contributed by atoms with van der Waals surface area (Å²) in [6, 6.07) is 13.7. The van der Waals surface area contributed by atoms with Crippen molar-refractivity contribution < 1.29 is 4.74 Å². The highest BCUT2D eigenvalue weighted by atomic mass is 35.5. The van der Waals surface area contributed by atoms with E-state index in [1.165, 1.54) is 0 Å². The first kappa shape index (κ1) is 15.4. The van der Waals surface area contributed by atoms with Crippen LogP contribution in [0.3, 0.4) is 0 Å². The average Bonchev–Trinajstić information content (AvgIpc) is 2.60. The number of nitrogens with one attached hydrogen (secondary N) is 2. The standard InChI is InChI=1S/C17H17ClN4O/c1-23-14-4-2-3-13(9-14)22-17-15-10-12(19-8-7-18)5-6-16(15)20-11-21-17/h2-6,9-11,19H,7-8H2,1H3,(H,20,21,22). The molecule has 0 saturated heterocycles. The lowest BCUT2D eigenvalue weighted by Gasteiger charge is -2.11. The monoisotopic (exact) mass is 328 g/mol. The number of benzene rings is 2. The molecule has 0 aliphatic rings. The van der Waals surface area contributed by atoms with Gasteiger partial charge in [-0.25, -0.2) is 9.97 Å². The Kier molecular flexibility index (Phi) is 4.78. The lowest BCUT2D eigenvalue weighted by atomic mass is 10.2. The number of halogens is 1. The van der Waals surface area contributed by atoms with Crippen LogP contribution in [0.1, 0.15) is 0 Å². The van der Waals surface area contributed by atoms with Crippen molar-refractivity contribution in [1.82, 2.24) is 9.97 Å². The molecule has 2 N–H and O–H groups in total. The van der Waals surface area contributed by atoms with Crippen LogP contribution in [0.2, 0.25) is 0 Å². The number of nitrogens with zero attached hydrogens (tertiary/aromatic N) is 2. The Morgan fingerprint density at radius 3 is 2.83 bits per heavy atom. The van der Waals surface area contributed by atoms with Gasteiger partial charge in [-0.05, 0) is 30.3 Å². The number of fused-ring (bicyclic) bond motifs is 1. The number of rotatable bonds is 6. The Balaban J connectivity index is 1.95. The van der Waals surface area contributed by atoms with E-state index >= 15 is 0 Å². The summed E-state index contributed by atoms with van der Waals surface area (Å²) in [6.07, 6.45) is 1.55. The molecule has 0 atom stereocenters. The van der Waals surface area contributed by atoms with Crippen LogP contribution in [0.25, 0.3) is 10.9 Å². The maximum Gasteiger partial charge on any atom is 0.141 e. The fourth-order valence-corrected chi connectivity index (χ4v) is 2.39. The highest BCUT2D eigenvalue weighted by molar-refractivity contribution is 6.18. The first-order valence-corrected chi connectivity index (χ1v) is 7.79. The Morgan fingerprint density at radius 1 is 1.09 bits per heavy atom. The van der Waals surface area contributed by atoms with Crippen molar-refractivity contribution in [2.45, 2.75) is 0 Å². The molecule has 0 bridgehead atoms. The molecule has 0 unspecified atom stereocenters. The zero-order valence-electron chi connectivity index (χ0n) is 12.7. The normalized spacial score (nSPS) is 10.5. The lowest BCUT2D eigenvalue weighted by molar-refractivity contribution is 0.415. The van der Waals surface area contributed by atoms with E-state index in [1.807, 2.05) is 42.5 Å². The second-order valence-corrected chi connectivity index (χ2v) is 5.30. The third kappa shape index (κ3) is 3.63. The molecule has 0 aliphatic heterocycles. The van der Waals surface area contributed by atoms with Gasteiger partial charge >= 0.3 is 0 Å². The van der Waals surface area contributed by atoms with Crippen molar-refractivity contribution in [2.75, 3.05) is 30.2 Å². The molecule has 2 aromatic carbocycles. The fourth-order valence-electron chi connectivity index (χ4n) is 2.30. The van der Waals surface area contributed by atoms with E-state index in [2.05, 4.69) is 20.6 Å². The Morgan fingerprint density at radius 2 is 2.00 bits per heavy atom. The predicted octanol–water partition coefficient (Wildman–Crippen LogP) is 4.03. The minimum absolute atomic E-state index is 0.554. The van der Waals surface area contributed by atoms with E-state index in [1.54, 1.807) is 13.4 Å². The first-order valence-electron chi connectivity index (χ1n) is 7.26. The highest BCUT2D eigenvalue weighted by Crippen LogP contribution is 2.27. The molecule has 118 valence electrons. The molecule has 3 rings (SSSR count). The molecule has 0 amide bonds. The van der Waals surface area contributed by atoms with Gasteiger partial charge in [-0.3, -0.25) is 0 Å². The van der Waals surface area contributed by atoms with Gasteiger partial charge in [0, 0.05) is 35.3 Å². The average molecular weight is 329 g/mol. The van der Waals surface area contributed by atoms with Gasteiger partial charge in [0.15, 0.2) is 0 Å². The van der Waals surface area contributed by atoms with E-state index in [0.717, 1.165) is 33.8 Å². The van der Waals surface area contributed by atoms with Crippen molar-refractivity contribution in [3.8, 4) is 5.75 Å². The van der Waals surface area contributed by atoms with Crippen LogP contribution in [0.4, 0.5) is 17.2 Å². The number of hydrogen-bond donors (Lipinski definition) is 2. The fraction of sp³-hybridized carbons (Fsp3) is 0.176. The number of aromatic nitrogens is 2. The molecule has 3 aromatic rings. The molecular weight excluding hydrogens is 312 g/mol. The van der Waals surface area contributed by atoms with Gasteiger partial charge in [0.1, 0.15) is 17.9 Å². The van der Waals surface area contributed by atoms with Crippen molar-refractivity contribution in [3.63, 3.8) is 0 Å². The third-order valence-corrected chi connectivity index (χ3v) is 3.58. The Bertz CT molecular complexity index is 809. The zero-order chi connectivity index (χ0) is 16.1. The summed E-state index contributed by atoms with van der Waals surface area (Å²) in [5.41, 5.74) is 2.77. The quantitative estimate of drug-likeness (QED) is 0.669. The van der Waals surface area contributed by atoms with Crippen LogP contribution < -0.4 is 15.4 Å². The molecule has 6 heteroatoms. The van der Waals surface area contributed by atoms with Crippen molar-refractivity contribution in [2.24, 2.45) is 0 Å². The summed E-state index contributed by atoms with van der Waals surface area (Å²) in [5, 5.41) is 7.52. The molecule has 5 nitrogen and oxygen atoms in total. The van der Waals surface area contributed by atoms with E-state index in [0.29, 0.717) is 12.4 Å². The minimum Gasteiger partial charge on any atom is -0.497 e. The first-order chi connectivity index (χ1) is 11.3. The maximum atomic E-state index is 5.73. The van der Waals surface area contributed by atoms with Gasteiger partial charge in [0.05, 0.1) is 12.6 Å². The number of ether oxygens (including phenoxy) is 1. The number of methoxy groups -OCH3 is 1. The molecule has 0 spiro atoms. The number of alkyl halides is 1. The van der Waals surface area contributed by atoms with Gasteiger partial charge in [-0.2, -0.15) is 0 Å². The van der Waals surface area contributed by atoms with Gasteiger partial charge in [0.2, 0.25) is 0 Å². The summed E-state index contributed by atoms with van der Waals surface area (Å²) < 4.78 is 5.25. The van der Waals surface area contributed by atoms with E-state index in [4.69, 9.17) is 16.3 Å². The van der Waals surface area contributed by atoms with Gasteiger partial charge in [-0.1, -0.05) is 6.07 Å². The van der Waals surface area contributed by atoms with Gasteiger partial charge in [0.25, 0.3) is 0 Å². The van der Waals surface area contributed by atoms with E-state index in [9.17, 15) is 0 Å². The number of anilines is 3. The summed E-state index contributed by atoms with van der Waals surface area (Å²) in [7, 11) is 1.65. The van der Waals surface area contributed by atoms with E-state index < -0.39 is 0 Å². The molecule has 0 radical (unpaired) electrons. The van der Waals surface area contributed by atoms with Crippen molar-refractivity contribution in [3.05, 3.63) is 48.8 Å². The van der Waals surface area contributed by atoms with Crippen LogP contribution >= 0.6 is 11.6 Å². The second kappa shape index (κ2) is 7.15. The smallest absolute Gasteiger partial charge is 0.141 e. The predicted molar refractivity (Wildman–Crippen MR) is 95.0 cm³/mol. The maximum absolute atomic E-state index is 5.73. The van der Waals surface area contributed by atoms with Gasteiger partial charge in [-0.15, -0.1) is 11.6 Å². The number of hydrogen-bond acceptors (Lipinski definition) is 5. The molecule has 1 aromatic heterocycles. The molecule has 0 fully saturated rings. The van der Waals surface area contributed by atoms with Crippen LogP contribution in [-0.2, 0) is 0 Å². The zero-order valence-corrected chi connectivity index (χ0v) is 13.5. The molecule has 0 aliphatic carbocycles. The lowest BCUT2D eigenvalue weighted by Crippen LogP contribution is -2.03. The summed E-state index contributed by atoms with van der Waals surface area (Å²) >= 11 is 5.73. The van der Waals surface area contributed by atoms with E-state index in [-0.39, 0.29) is 0 Å². The van der Waals surface area contributed by atoms with Gasteiger partial charge < -0.3 is 15.4 Å². The second-order valence-electron chi connectivity index (χ2n) is 4.93. The highest BCUT2D eigenvalue weighted by Gasteiger charge is 2.06. The Hall–Kier alpha value is -2.53. The molecular formula is C17H17ClN4O. The molecule has 0 saturated carbocycles. The van der Waals surface area contributed by atoms with Crippen LogP contribution in [0, 0.1) is 0 Å². The largest absolute Gasteiger partial charge is 0.497 e. The van der Waals surface area contributed by atoms with Crippen molar-refractivity contribution >= 4 is 39.7 Å². The van der Waals surface area contributed by atoms with Crippen LogP contribution in [0.5, 0.6) is 5.75 Å². The van der Waals surface area contributed by atoms with Crippen molar-refractivity contribution in [1.29, 1.82) is 0 Å². The van der Waals surface area contributed by atoms with Crippen LogP contribution in [0.15, 0.2) is 48.8 Å². The topological polar surface area (TPSA) is 59.1 Å². The summed E-state index contributed by atoms with van der Waals surface area (Å²) in [4.78, 5) is 8.67. The SMILES string of the molecule is COc1cccc(Nc2ncnc3ccc(NCCCl)cc23)c1. The third-order valence-electron chi connectivity index (χ3n) is 3.39. The Labute approximate surface area is 139 Å². The van der Waals surface area contributed by atoms with Crippen LogP contribution in [-0.4, -0.2) is 29.5 Å². The summed E-state index contributed by atoms with van der Waals surface area (Å²) in [6.45, 7) is 0.708.